The molecule has 0 heterocycles. The Morgan fingerprint density at radius 3 is 2.47 bits per heavy atom. The van der Waals surface area contributed by atoms with E-state index >= 15 is 0 Å². The molecule has 1 aromatic carbocycles. The van der Waals surface area contributed by atoms with Crippen molar-refractivity contribution < 1.29 is 33.4 Å². The van der Waals surface area contributed by atoms with Crippen molar-refractivity contribution in [3.8, 4) is 5.75 Å². The van der Waals surface area contributed by atoms with Gasteiger partial charge < -0.3 is 14.6 Å². The largest absolute Gasteiger partial charge is 1.00 e. The Balaban J connectivity index is 0.00000324. The first-order valence-corrected chi connectivity index (χ1v) is 6.16. The van der Waals surface area contributed by atoms with Crippen LogP contribution >= 0.6 is 0 Å². The molecule has 0 unspecified atom stereocenters. The molecule has 0 saturated carbocycles. The van der Waals surface area contributed by atoms with Crippen LogP contribution in [0.5, 0.6) is 5.75 Å². The van der Waals surface area contributed by atoms with Crippen LogP contribution in [0.25, 0.3) is 0 Å². The van der Waals surface area contributed by atoms with Gasteiger partial charge in [0.15, 0.2) is 0 Å². The zero-order chi connectivity index (χ0) is 13.4. The van der Waals surface area contributed by atoms with Gasteiger partial charge in [-0.05, 0) is 30.0 Å². The van der Waals surface area contributed by atoms with Crippen LogP contribution in [0.4, 0.5) is 0 Å². The van der Waals surface area contributed by atoms with Crippen molar-refractivity contribution in [1.82, 2.24) is 0 Å². The Morgan fingerprint density at radius 2 is 1.95 bits per heavy atom. The molecule has 0 fully saturated rings. The SMILES string of the molecule is C=C[C@@H](C)[C@@H]([O-])CCOCc1ccc(OC)cc1.[Li+]. The fourth-order valence-corrected chi connectivity index (χ4v) is 1.53. The van der Waals surface area contributed by atoms with Crippen molar-refractivity contribution in [2.45, 2.75) is 26.1 Å². The van der Waals surface area contributed by atoms with Crippen LogP contribution < -0.4 is 28.7 Å². The zero-order valence-electron chi connectivity index (χ0n) is 12.1. The molecular formula is C15H21LiO3. The van der Waals surface area contributed by atoms with Gasteiger partial charge in [-0.2, -0.15) is 0 Å². The fourth-order valence-electron chi connectivity index (χ4n) is 1.53. The molecule has 0 aliphatic heterocycles. The van der Waals surface area contributed by atoms with Crippen molar-refractivity contribution in [2.75, 3.05) is 13.7 Å². The van der Waals surface area contributed by atoms with Gasteiger partial charge in [-0.1, -0.05) is 25.1 Å². The monoisotopic (exact) mass is 256 g/mol. The third kappa shape index (κ3) is 6.84. The maximum absolute atomic E-state index is 11.6. The molecule has 0 spiro atoms. The maximum atomic E-state index is 11.6. The molecule has 4 heteroatoms. The van der Waals surface area contributed by atoms with Crippen LogP contribution in [0.1, 0.15) is 18.9 Å². The van der Waals surface area contributed by atoms with E-state index in [0.717, 1.165) is 11.3 Å². The normalized spacial score (nSPS) is 13.2. The summed E-state index contributed by atoms with van der Waals surface area (Å²) in [6, 6.07) is 7.71. The standard InChI is InChI=1S/C15H21O3.Li/c1-4-12(2)15(16)9-10-18-11-13-5-7-14(17-3)8-6-13;/h4-8,12,15H,1,9-11H2,2-3H3;/q-1;+1/t12-,15+;/m1./s1. The summed E-state index contributed by atoms with van der Waals surface area (Å²) >= 11 is 0. The van der Waals surface area contributed by atoms with Gasteiger partial charge in [-0.15, -0.1) is 12.7 Å². The molecule has 1 aromatic rings. The van der Waals surface area contributed by atoms with Crippen molar-refractivity contribution >= 4 is 0 Å². The molecule has 0 radical (unpaired) electrons. The summed E-state index contributed by atoms with van der Waals surface area (Å²) in [5, 5.41) is 11.6. The molecule has 0 aromatic heterocycles. The van der Waals surface area contributed by atoms with E-state index in [9.17, 15) is 5.11 Å². The zero-order valence-corrected chi connectivity index (χ0v) is 12.1. The molecule has 100 valence electrons. The van der Waals surface area contributed by atoms with E-state index in [-0.39, 0.29) is 24.8 Å². The molecule has 3 nitrogen and oxygen atoms in total. The van der Waals surface area contributed by atoms with E-state index in [1.165, 1.54) is 0 Å². The second-order valence-electron chi connectivity index (χ2n) is 4.32. The summed E-state index contributed by atoms with van der Waals surface area (Å²) in [5.41, 5.74) is 1.08. The van der Waals surface area contributed by atoms with Crippen LogP contribution in [-0.4, -0.2) is 19.8 Å². The fraction of sp³-hybridized carbons (Fsp3) is 0.467. The third-order valence-electron chi connectivity index (χ3n) is 2.93. The van der Waals surface area contributed by atoms with Gasteiger partial charge >= 0.3 is 18.9 Å². The van der Waals surface area contributed by atoms with Crippen LogP contribution in [0.15, 0.2) is 36.9 Å². The van der Waals surface area contributed by atoms with Gasteiger partial charge in [0.05, 0.1) is 13.7 Å². The first-order chi connectivity index (χ1) is 8.67. The van der Waals surface area contributed by atoms with Crippen molar-refractivity contribution in [3.63, 3.8) is 0 Å². The van der Waals surface area contributed by atoms with Gasteiger partial charge in [-0.25, -0.2) is 0 Å². The minimum Gasteiger partial charge on any atom is -0.851 e. The summed E-state index contributed by atoms with van der Waals surface area (Å²) in [4.78, 5) is 0. The van der Waals surface area contributed by atoms with Gasteiger partial charge in [0.1, 0.15) is 5.75 Å². The van der Waals surface area contributed by atoms with Crippen LogP contribution in [-0.2, 0) is 11.3 Å². The van der Waals surface area contributed by atoms with E-state index in [0.29, 0.717) is 19.6 Å². The average Bonchev–Trinajstić information content (AvgIpc) is 2.43. The molecule has 19 heavy (non-hydrogen) atoms. The number of benzene rings is 1. The van der Waals surface area contributed by atoms with E-state index in [1.54, 1.807) is 13.2 Å². The second kappa shape index (κ2) is 10.1. The molecule has 0 amide bonds. The van der Waals surface area contributed by atoms with Crippen molar-refractivity contribution in [2.24, 2.45) is 5.92 Å². The molecule has 0 aliphatic rings. The smallest absolute Gasteiger partial charge is 0.851 e. The minimum atomic E-state index is -0.627. The topological polar surface area (TPSA) is 41.5 Å². The van der Waals surface area contributed by atoms with Crippen LogP contribution in [0.3, 0.4) is 0 Å². The maximum Gasteiger partial charge on any atom is 1.00 e. The Kier molecular flexibility index (Phi) is 9.73. The van der Waals surface area contributed by atoms with E-state index in [2.05, 4.69) is 6.58 Å². The summed E-state index contributed by atoms with van der Waals surface area (Å²) in [6.45, 7) is 6.52. The van der Waals surface area contributed by atoms with Gasteiger partial charge in [0, 0.05) is 6.61 Å². The third-order valence-corrected chi connectivity index (χ3v) is 2.93. The first-order valence-electron chi connectivity index (χ1n) is 6.16. The van der Waals surface area contributed by atoms with Gasteiger partial charge in [0.2, 0.25) is 0 Å². The molecule has 0 aliphatic carbocycles. The van der Waals surface area contributed by atoms with Gasteiger partial charge in [-0.3, -0.25) is 0 Å². The quantitative estimate of drug-likeness (QED) is 0.346. The number of hydrogen-bond donors (Lipinski definition) is 0. The van der Waals surface area contributed by atoms with E-state index in [1.807, 2.05) is 31.2 Å². The molecule has 0 saturated heterocycles. The van der Waals surface area contributed by atoms with Crippen molar-refractivity contribution in [1.29, 1.82) is 0 Å². The summed E-state index contributed by atoms with van der Waals surface area (Å²) in [5.74, 6) is 0.827. The van der Waals surface area contributed by atoms with Crippen molar-refractivity contribution in [3.05, 3.63) is 42.5 Å². The molecule has 0 bridgehead atoms. The van der Waals surface area contributed by atoms with Gasteiger partial charge in [0.25, 0.3) is 0 Å². The number of ether oxygens (including phenoxy) is 2. The summed E-state index contributed by atoms with van der Waals surface area (Å²) in [7, 11) is 1.64. The predicted molar refractivity (Wildman–Crippen MR) is 70.4 cm³/mol. The number of hydrogen-bond acceptors (Lipinski definition) is 3. The Bertz CT molecular complexity index is 351. The molecule has 1 rings (SSSR count). The molecule has 0 N–H and O–H groups in total. The minimum absolute atomic E-state index is 0. The van der Waals surface area contributed by atoms with E-state index in [4.69, 9.17) is 9.47 Å². The molecular weight excluding hydrogens is 235 g/mol. The number of rotatable bonds is 8. The Hall–Kier alpha value is -0.723. The number of methoxy groups -OCH3 is 1. The Morgan fingerprint density at radius 1 is 1.32 bits per heavy atom. The van der Waals surface area contributed by atoms with Crippen LogP contribution in [0, 0.1) is 5.92 Å². The van der Waals surface area contributed by atoms with E-state index < -0.39 is 6.10 Å². The Labute approximate surface area is 127 Å². The summed E-state index contributed by atoms with van der Waals surface area (Å²) < 4.78 is 10.6. The predicted octanol–water partition coefficient (Wildman–Crippen LogP) is -0.843. The molecule has 2 atom stereocenters. The second-order valence-corrected chi connectivity index (χ2v) is 4.32. The first kappa shape index (κ1) is 18.3. The van der Waals surface area contributed by atoms with Crippen LogP contribution in [0.2, 0.25) is 0 Å². The average molecular weight is 256 g/mol. The summed E-state index contributed by atoms with van der Waals surface area (Å²) in [6.07, 6.45) is 1.59.